The third-order valence-corrected chi connectivity index (χ3v) is 1.53. The van der Waals surface area contributed by atoms with E-state index in [1.807, 2.05) is 19.9 Å². The van der Waals surface area contributed by atoms with Crippen LogP contribution in [0.5, 0.6) is 0 Å². The number of rotatable bonds is 2. The van der Waals surface area contributed by atoms with Crippen LogP contribution in [-0.2, 0) is 0 Å². The Kier molecular flexibility index (Phi) is 2.23. The summed E-state index contributed by atoms with van der Waals surface area (Å²) in [6, 6.07) is 0. The van der Waals surface area contributed by atoms with Crippen molar-refractivity contribution in [1.82, 2.24) is 0 Å². The smallest absolute Gasteiger partial charge is 0.0157 e. The maximum atomic E-state index is 5.72. The van der Waals surface area contributed by atoms with E-state index >= 15 is 0 Å². The fourth-order valence-corrected chi connectivity index (χ4v) is 0.304. The molecule has 1 atom stereocenters. The molecule has 8 heavy (non-hydrogen) atoms. The van der Waals surface area contributed by atoms with Crippen LogP contribution in [0.25, 0.3) is 0 Å². The number of nitrogens with two attached hydrogens (primary N) is 1. The van der Waals surface area contributed by atoms with Crippen molar-refractivity contribution in [3.8, 4) is 0 Å². The van der Waals surface area contributed by atoms with E-state index in [1.54, 1.807) is 0 Å². The first kappa shape index (κ1) is 7.70. The van der Waals surface area contributed by atoms with Crippen LogP contribution >= 0.6 is 0 Å². The second-order valence-electron chi connectivity index (χ2n) is 2.85. The van der Waals surface area contributed by atoms with Crippen molar-refractivity contribution in [1.29, 1.82) is 0 Å². The van der Waals surface area contributed by atoms with Crippen LogP contribution in [0.3, 0.4) is 0 Å². The van der Waals surface area contributed by atoms with Crippen molar-refractivity contribution >= 4 is 0 Å². The molecule has 2 N–H and O–H groups in total. The van der Waals surface area contributed by atoms with Gasteiger partial charge in [-0.05, 0) is 19.8 Å². The summed E-state index contributed by atoms with van der Waals surface area (Å²) in [6.45, 7) is 9.71. The molecule has 1 unspecified atom stereocenters. The highest BCUT2D eigenvalue weighted by atomic mass is 14.7. The number of hydrogen-bond acceptors (Lipinski definition) is 1. The molecule has 0 amide bonds. The zero-order chi connectivity index (χ0) is 6.78. The maximum Gasteiger partial charge on any atom is 0.0157 e. The summed E-state index contributed by atoms with van der Waals surface area (Å²) in [4.78, 5) is 0. The van der Waals surface area contributed by atoms with E-state index in [0.29, 0.717) is 5.92 Å². The molecule has 0 rings (SSSR count). The Balaban J connectivity index is 3.80. The molecule has 0 spiro atoms. The van der Waals surface area contributed by atoms with Gasteiger partial charge in [0.15, 0.2) is 0 Å². The van der Waals surface area contributed by atoms with E-state index in [1.165, 1.54) is 0 Å². The van der Waals surface area contributed by atoms with Crippen LogP contribution in [-0.4, -0.2) is 5.54 Å². The van der Waals surface area contributed by atoms with Gasteiger partial charge in [-0.3, -0.25) is 0 Å². The summed E-state index contributed by atoms with van der Waals surface area (Å²) >= 11 is 0. The van der Waals surface area contributed by atoms with Crippen LogP contribution in [0.4, 0.5) is 0 Å². The van der Waals surface area contributed by atoms with E-state index in [4.69, 9.17) is 5.73 Å². The summed E-state index contributed by atoms with van der Waals surface area (Å²) in [7, 11) is 0. The van der Waals surface area contributed by atoms with Crippen molar-refractivity contribution in [2.24, 2.45) is 11.7 Å². The summed E-state index contributed by atoms with van der Waals surface area (Å²) in [6.07, 6.45) is 1.88. The van der Waals surface area contributed by atoms with Crippen LogP contribution in [0.15, 0.2) is 12.7 Å². The Morgan fingerprint density at radius 1 is 1.62 bits per heavy atom. The van der Waals surface area contributed by atoms with Gasteiger partial charge in [0.05, 0.1) is 0 Å². The lowest BCUT2D eigenvalue weighted by atomic mass is 9.91. The van der Waals surface area contributed by atoms with Gasteiger partial charge in [0.1, 0.15) is 0 Å². The first-order valence-electron chi connectivity index (χ1n) is 2.90. The standard InChI is InChI=1S/C7H15N/c1-5-6(2)7(3,4)8/h5-6H,1,8H2,2-4H3. The Hall–Kier alpha value is -0.300. The van der Waals surface area contributed by atoms with Gasteiger partial charge >= 0.3 is 0 Å². The van der Waals surface area contributed by atoms with Gasteiger partial charge in [-0.1, -0.05) is 13.0 Å². The fourth-order valence-electron chi connectivity index (χ4n) is 0.304. The monoisotopic (exact) mass is 113 g/mol. The molecule has 0 aliphatic rings. The van der Waals surface area contributed by atoms with E-state index in [-0.39, 0.29) is 5.54 Å². The molecule has 0 fully saturated rings. The van der Waals surface area contributed by atoms with Crippen molar-refractivity contribution in [3.05, 3.63) is 12.7 Å². The molecule has 0 heterocycles. The van der Waals surface area contributed by atoms with Gasteiger partial charge < -0.3 is 5.73 Å². The Labute approximate surface area is 51.6 Å². The first-order valence-corrected chi connectivity index (χ1v) is 2.90. The summed E-state index contributed by atoms with van der Waals surface area (Å²) < 4.78 is 0. The molecule has 0 aliphatic carbocycles. The molecule has 0 aromatic carbocycles. The van der Waals surface area contributed by atoms with Crippen LogP contribution in [0.1, 0.15) is 20.8 Å². The predicted octanol–water partition coefficient (Wildman–Crippen LogP) is 1.55. The lowest BCUT2D eigenvalue weighted by Gasteiger charge is -2.23. The van der Waals surface area contributed by atoms with Crippen molar-refractivity contribution in [2.45, 2.75) is 26.3 Å². The van der Waals surface area contributed by atoms with Gasteiger partial charge in [-0.15, -0.1) is 6.58 Å². The third-order valence-electron chi connectivity index (χ3n) is 1.53. The highest BCUT2D eigenvalue weighted by molar-refractivity contribution is 4.90. The highest BCUT2D eigenvalue weighted by Crippen LogP contribution is 2.12. The Morgan fingerprint density at radius 2 is 2.00 bits per heavy atom. The van der Waals surface area contributed by atoms with Crippen LogP contribution in [0.2, 0.25) is 0 Å². The summed E-state index contributed by atoms with van der Waals surface area (Å²) in [5.74, 6) is 0.391. The minimum Gasteiger partial charge on any atom is -0.325 e. The summed E-state index contributed by atoms with van der Waals surface area (Å²) in [5, 5.41) is 0. The van der Waals surface area contributed by atoms with Gasteiger partial charge in [0.2, 0.25) is 0 Å². The molecular formula is C7H15N. The molecular weight excluding hydrogens is 98.1 g/mol. The van der Waals surface area contributed by atoms with Crippen LogP contribution in [0, 0.1) is 5.92 Å². The normalized spacial score (nSPS) is 15.5. The molecule has 0 saturated heterocycles. The molecule has 0 saturated carbocycles. The van der Waals surface area contributed by atoms with Crippen molar-refractivity contribution in [3.63, 3.8) is 0 Å². The molecule has 0 radical (unpaired) electrons. The zero-order valence-electron chi connectivity index (χ0n) is 5.94. The van der Waals surface area contributed by atoms with Crippen molar-refractivity contribution < 1.29 is 0 Å². The molecule has 0 bridgehead atoms. The van der Waals surface area contributed by atoms with Crippen LogP contribution < -0.4 is 5.73 Å². The fraction of sp³-hybridized carbons (Fsp3) is 0.714. The minimum absolute atomic E-state index is 0.109. The van der Waals surface area contributed by atoms with Gasteiger partial charge in [0, 0.05) is 5.54 Å². The van der Waals surface area contributed by atoms with Gasteiger partial charge in [0.25, 0.3) is 0 Å². The molecule has 0 aromatic rings. The SMILES string of the molecule is C=CC(C)C(C)(C)N. The van der Waals surface area contributed by atoms with E-state index < -0.39 is 0 Å². The van der Waals surface area contributed by atoms with E-state index in [0.717, 1.165) is 0 Å². The second-order valence-corrected chi connectivity index (χ2v) is 2.85. The largest absolute Gasteiger partial charge is 0.325 e. The van der Waals surface area contributed by atoms with Crippen molar-refractivity contribution in [2.75, 3.05) is 0 Å². The average Bonchev–Trinajstić information content (AvgIpc) is 1.62. The lowest BCUT2D eigenvalue weighted by molar-refractivity contribution is 0.410. The quantitative estimate of drug-likeness (QED) is 0.540. The minimum atomic E-state index is -0.109. The number of hydrogen-bond donors (Lipinski definition) is 1. The third kappa shape index (κ3) is 2.12. The summed E-state index contributed by atoms with van der Waals surface area (Å²) in [5.41, 5.74) is 5.61. The zero-order valence-corrected chi connectivity index (χ0v) is 5.94. The topological polar surface area (TPSA) is 26.0 Å². The molecule has 1 heteroatoms. The highest BCUT2D eigenvalue weighted by Gasteiger charge is 2.16. The van der Waals surface area contributed by atoms with Gasteiger partial charge in [-0.2, -0.15) is 0 Å². The molecule has 0 aliphatic heterocycles. The Bertz CT molecular complexity index is 78.9. The maximum absolute atomic E-state index is 5.72. The molecule has 48 valence electrons. The van der Waals surface area contributed by atoms with E-state index in [9.17, 15) is 0 Å². The Morgan fingerprint density at radius 3 is 2.00 bits per heavy atom. The van der Waals surface area contributed by atoms with Gasteiger partial charge in [-0.25, -0.2) is 0 Å². The second kappa shape index (κ2) is 2.31. The molecule has 1 nitrogen and oxygen atoms in total. The lowest BCUT2D eigenvalue weighted by Crippen LogP contribution is -2.38. The predicted molar refractivity (Wildman–Crippen MR) is 37.6 cm³/mol. The van der Waals surface area contributed by atoms with E-state index in [2.05, 4.69) is 13.5 Å². The first-order chi connectivity index (χ1) is 3.48. The average molecular weight is 113 g/mol. The molecule has 0 aromatic heterocycles.